The Morgan fingerprint density at radius 1 is 0.800 bits per heavy atom. The first-order valence-corrected chi connectivity index (χ1v) is 13.4. The Morgan fingerprint density at radius 3 is 1.77 bits per heavy atom. The highest BCUT2D eigenvalue weighted by Crippen LogP contribution is 2.36. The molecule has 4 aromatic rings. The van der Waals surface area contributed by atoms with Crippen LogP contribution < -0.4 is 26.4 Å². The Labute approximate surface area is 244 Å². The molecular formula is C28H38BBrN6O4. The van der Waals surface area contributed by atoms with Gasteiger partial charge in [0.1, 0.15) is 5.75 Å². The number of aromatic nitrogens is 4. The van der Waals surface area contributed by atoms with Crippen molar-refractivity contribution in [2.24, 2.45) is 14.1 Å². The average Bonchev–Trinajstić information content (AvgIpc) is 3.57. The second-order valence-corrected chi connectivity index (χ2v) is 11.1. The molecule has 12 heteroatoms. The molecule has 0 amide bonds. The molecule has 0 unspecified atom stereocenters. The zero-order chi connectivity index (χ0) is 29.7. The molecule has 0 atom stereocenters. The van der Waals surface area contributed by atoms with Gasteiger partial charge in [0.05, 0.1) is 47.5 Å². The first-order valence-electron chi connectivity index (χ1n) is 12.6. The summed E-state index contributed by atoms with van der Waals surface area (Å²) >= 11 is 3.30. The fourth-order valence-electron chi connectivity index (χ4n) is 3.85. The van der Waals surface area contributed by atoms with Crippen molar-refractivity contribution < 1.29 is 18.8 Å². The SMILES string of the molecule is COc1c(N)cccc1-c1cnn(C)c1.COc1c(N)cccc1Br.Cn1cc(B2OC(C)(C)C(C)(C)O2)cn1. The van der Waals surface area contributed by atoms with Crippen LogP contribution in [0.2, 0.25) is 0 Å². The summed E-state index contributed by atoms with van der Waals surface area (Å²) in [7, 11) is 6.67. The quantitative estimate of drug-likeness (QED) is 0.256. The van der Waals surface area contributed by atoms with Gasteiger partial charge in [-0.05, 0) is 61.8 Å². The highest BCUT2D eigenvalue weighted by molar-refractivity contribution is 9.10. The minimum Gasteiger partial charge on any atom is -0.494 e. The van der Waals surface area contributed by atoms with E-state index in [0.717, 1.165) is 21.1 Å². The van der Waals surface area contributed by atoms with E-state index < -0.39 is 0 Å². The Kier molecular flexibility index (Phi) is 9.94. The molecule has 40 heavy (non-hydrogen) atoms. The number of nitrogens with two attached hydrogens (primary N) is 2. The van der Waals surface area contributed by atoms with Gasteiger partial charge in [-0.1, -0.05) is 18.2 Å². The van der Waals surface area contributed by atoms with Crippen molar-refractivity contribution in [3.05, 3.63) is 65.7 Å². The Hall–Kier alpha value is -3.48. The largest absolute Gasteiger partial charge is 0.498 e. The van der Waals surface area contributed by atoms with E-state index in [1.165, 1.54) is 0 Å². The number of para-hydroxylation sites is 2. The van der Waals surface area contributed by atoms with Crippen molar-refractivity contribution in [2.45, 2.75) is 38.9 Å². The summed E-state index contributed by atoms with van der Waals surface area (Å²) in [6.45, 7) is 8.18. The summed E-state index contributed by atoms with van der Waals surface area (Å²) in [6, 6.07) is 11.2. The molecule has 1 aliphatic heterocycles. The average molecular weight is 613 g/mol. The third-order valence-corrected chi connectivity index (χ3v) is 7.34. The lowest BCUT2D eigenvalue weighted by Gasteiger charge is -2.32. The van der Waals surface area contributed by atoms with Crippen molar-refractivity contribution in [1.82, 2.24) is 19.6 Å². The second-order valence-electron chi connectivity index (χ2n) is 10.2. The molecule has 3 heterocycles. The molecule has 2 aromatic carbocycles. The van der Waals surface area contributed by atoms with Crippen LogP contribution in [0.3, 0.4) is 0 Å². The Bertz CT molecular complexity index is 1390. The number of hydrogen-bond acceptors (Lipinski definition) is 8. The Morgan fingerprint density at radius 2 is 1.32 bits per heavy atom. The van der Waals surface area contributed by atoms with Gasteiger partial charge >= 0.3 is 7.12 Å². The molecular weight excluding hydrogens is 575 g/mol. The molecule has 0 spiro atoms. The van der Waals surface area contributed by atoms with Gasteiger partial charge in [0.15, 0.2) is 5.75 Å². The third-order valence-electron chi connectivity index (χ3n) is 6.72. The number of nitrogens with zero attached hydrogens (tertiary/aromatic N) is 4. The molecule has 0 saturated carbocycles. The van der Waals surface area contributed by atoms with Crippen LogP contribution in [0.1, 0.15) is 27.7 Å². The van der Waals surface area contributed by atoms with Crippen LogP contribution in [0.15, 0.2) is 65.7 Å². The van der Waals surface area contributed by atoms with Crippen molar-refractivity contribution >= 4 is 39.9 Å². The van der Waals surface area contributed by atoms with Gasteiger partial charge in [-0.3, -0.25) is 9.36 Å². The summed E-state index contributed by atoms with van der Waals surface area (Å²) in [5, 5.41) is 8.23. The molecule has 0 bridgehead atoms. The highest BCUT2D eigenvalue weighted by atomic mass is 79.9. The summed E-state index contributed by atoms with van der Waals surface area (Å²) in [6.07, 6.45) is 7.42. The topological polar surface area (TPSA) is 125 Å². The number of rotatable bonds is 4. The predicted molar refractivity (Wildman–Crippen MR) is 164 cm³/mol. The first kappa shape index (κ1) is 31.1. The summed E-state index contributed by atoms with van der Waals surface area (Å²) in [5.41, 5.74) is 15.1. The molecule has 2 aromatic heterocycles. The number of hydrogen-bond donors (Lipinski definition) is 2. The molecule has 0 radical (unpaired) electrons. The highest BCUT2D eigenvalue weighted by Gasteiger charge is 2.52. The maximum atomic E-state index is 5.89. The predicted octanol–water partition coefficient (Wildman–Crippen LogP) is 4.44. The number of anilines is 2. The number of ether oxygens (including phenoxy) is 2. The fourth-order valence-corrected chi connectivity index (χ4v) is 4.40. The normalized spacial score (nSPS) is 15.0. The molecule has 1 saturated heterocycles. The minimum absolute atomic E-state index is 0.284. The van der Waals surface area contributed by atoms with E-state index in [2.05, 4.69) is 26.1 Å². The van der Waals surface area contributed by atoms with Gasteiger partial charge in [0, 0.05) is 49.3 Å². The van der Waals surface area contributed by atoms with Crippen LogP contribution in [0, 0.1) is 0 Å². The second kappa shape index (κ2) is 12.8. The monoisotopic (exact) mass is 612 g/mol. The lowest BCUT2D eigenvalue weighted by Crippen LogP contribution is -2.41. The summed E-state index contributed by atoms with van der Waals surface area (Å²) in [5.74, 6) is 1.40. The molecule has 0 aliphatic carbocycles. The molecule has 4 N–H and O–H groups in total. The van der Waals surface area contributed by atoms with Gasteiger partial charge in [0.2, 0.25) is 0 Å². The van der Waals surface area contributed by atoms with Gasteiger partial charge in [-0.15, -0.1) is 0 Å². The van der Waals surface area contributed by atoms with Crippen molar-refractivity contribution in [3.63, 3.8) is 0 Å². The number of halogens is 1. The van der Waals surface area contributed by atoms with Crippen LogP contribution in [0.5, 0.6) is 11.5 Å². The van der Waals surface area contributed by atoms with E-state index in [4.69, 9.17) is 30.2 Å². The lowest BCUT2D eigenvalue weighted by atomic mass is 9.82. The number of methoxy groups -OCH3 is 2. The zero-order valence-corrected chi connectivity index (χ0v) is 25.9. The van der Waals surface area contributed by atoms with Gasteiger partial charge in [-0.2, -0.15) is 10.2 Å². The zero-order valence-electron chi connectivity index (χ0n) is 24.3. The molecule has 1 aliphatic rings. The van der Waals surface area contributed by atoms with Crippen molar-refractivity contribution in [3.8, 4) is 22.6 Å². The van der Waals surface area contributed by atoms with Crippen LogP contribution in [0.25, 0.3) is 11.1 Å². The van der Waals surface area contributed by atoms with Crippen molar-refractivity contribution in [1.29, 1.82) is 0 Å². The van der Waals surface area contributed by atoms with Crippen molar-refractivity contribution in [2.75, 3.05) is 25.7 Å². The first-order chi connectivity index (χ1) is 18.8. The summed E-state index contributed by atoms with van der Waals surface area (Å²) in [4.78, 5) is 0. The van der Waals surface area contributed by atoms with E-state index in [1.54, 1.807) is 42.0 Å². The molecule has 1 fully saturated rings. The summed E-state index contributed by atoms with van der Waals surface area (Å²) < 4.78 is 26.4. The van der Waals surface area contributed by atoms with E-state index >= 15 is 0 Å². The van der Waals surface area contributed by atoms with Crippen LogP contribution in [0.4, 0.5) is 11.4 Å². The van der Waals surface area contributed by atoms with E-state index in [9.17, 15) is 0 Å². The van der Waals surface area contributed by atoms with Crippen LogP contribution in [-0.4, -0.2) is 52.1 Å². The fraction of sp³-hybridized carbons (Fsp3) is 0.357. The standard InChI is InChI=1S/C11H13N3O.C10H17BN2O2.C7H8BrNO/c1-14-7-8(6-13-14)9-4-3-5-10(12)11(9)15-2;1-9(2)10(3,4)15-11(14-9)8-6-12-13(5)7-8;1-10-7-5(8)3-2-4-6(7)9/h3-7H,12H2,1-2H3;6-7H,1-5H3;2-4H,9H2,1H3. The van der Waals surface area contributed by atoms with Gasteiger partial charge in [0.25, 0.3) is 0 Å². The maximum absolute atomic E-state index is 5.89. The Balaban J connectivity index is 0.000000169. The van der Waals surface area contributed by atoms with Gasteiger partial charge in [-0.25, -0.2) is 0 Å². The van der Waals surface area contributed by atoms with E-state index in [-0.39, 0.29) is 18.3 Å². The molecule has 10 nitrogen and oxygen atoms in total. The van der Waals surface area contributed by atoms with Crippen LogP contribution >= 0.6 is 15.9 Å². The number of benzene rings is 2. The molecule has 214 valence electrons. The van der Waals surface area contributed by atoms with E-state index in [0.29, 0.717) is 22.9 Å². The number of aryl methyl sites for hydroxylation is 2. The lowest BCUT2D eigenvalue weighted by molar-refractivity contribution is 0.00578. The maximum Gasteiger partial charge on any atom is 0.498 e. The van der Waals surface area contributed by atoms with E-state index in [1.807, 2.05) is 84.5 Å². The third kappa shape index (κ3) is 7.18. The molecule has 5 rings (SSSR count). The number of nitrogen functional groups attached to an aromatic ring is 2. The van der Waals surface area contributed by atoms with Crippen LogP contribution in [-0.2, 0) is 23.4 Å². The smallest absolute Gasteiger partial charge is 0.494 e. The van der Waals surface area contributed by atoms with Gasteiger partial charge < -0.3 is 30.2 Å². The minimum atomic E-state index is -0.302.